The molecule has 0 aromatic heterocycles. The minimum atomic E-state index is -0.417. The molecule has 1 aromatic rings. The van der Waals surface area contributed by atoms with Gasteiger partial charge in [-0.15, -0.1) is 0 Å². The summed E-state index contributed by atoms with van der Waals surface area (Å²) in [6.07, 6.45) is 0.974. The van der Waals surface area contributed by atoms with Crippen molar-refractivity contribution < 1.29 is 14.3 Å². The Morgan fingerprint density at radius 2 is 2.00 bits per heavy atom. The largest absolute Gasteiger partial charge is 0.427 e. The summed E-state index contributed by atoms with van der Waals surface area (Å²) < 4.78 is 4.91. The molecule has 0 spiro atoms. The molecule has 0 saturated carbocycles. The zero-order valence-corrected chi connectivity index (χ0v) is 8.16. The summed E-state index contributed by atoms with van der Waals surface area (Å²) in [4.78, 5) is 21.0. The first-order valence-electron chi connectivity index (χ1n) is 4.12. The lowest BCUT2D eigenvalue weighted by Crippen LogP contribution is -2.07. The molecule has 0 unspecified atom stereocenters. The SMILES string of the molecule is O=CCCC(=O)Oc1ccc(Cl)cc1. The molecule has 0 saturated heterocycles. The second kappa shape index (κ2) is 5.40. The molecule has 0 radical (unpaired) electrons. The fourth-order valence-corrected chi connectivity index (χ4v) is 0.988. The van der Waals surface area contributed by atoms with E-state index in [9.17, 15) is 9.59 Å². The lowest BCUT2D eigenvalue weighted by Gasteiger charge is -2.02. The van der Waals surface area contributed by atoms with Crippen LogP contribution in [0.15, 0.2) is 24.3 Å². The van der Waals surface area contributed by atoms with Crippen LogP contribution in [0, 0.1) is 0 Å². The van der Waals surface area contributed by atoms with E-state index >= 15 is 0 Å². The Morgan fingerprint density at radius 1 is 1.36 bits per heavy atom. The fraction of sp³-hybridized carbons (Fsp3) is 0.200. The lowest BCUT2D eigenvalue weighted by atomic mass is 10.3. The highest BCUT2D eigenvalue weighted by molar-refractivity contribution is 6.30. The van der Waals surface area contributed by atoms with Gasteiger partial charge in [0.05, 0.1) is 6.42 Å². The van der Waals surface area contributed by atoms with Crippen LogP contribution < -0.4 is 4.74 Å². The highest BCUT2D eigenvalue weighted by Gasteiger charge is 2.03. The number of rotatable bonds is 4. The van der Waals surface area contributed by atoms with Crippen LogP contribution in [0.5, 0.6) is 5.75 Å². The minimum Gasteiger partial charge on any atom is -0.427 e. The molecule has 0 aliphatic heterocycles. The van der Waals surface area contributed by atoms with Crippen molar-refractivity contribution in [1.29, 1.82) is 0 Å². The van der Waals surface area contributed by atoms with E-state index in [1.807, 2.05) is 0 Å². The van der Waals surface area contributed by atoms with Gasteiger partial charge in [-0.1, -0.05) is 11.6 Å². The number of carbonyl (C=O) groups excluding carboxylic acids is 2. The molecule has 0 N–H and O–H groups in total. The minimum absolute atomic E-state index is 0.103. The first-order valence-corrected chi connectivity index (χ1v) is 4.50. The van der Waals surface area contributed by atoms with Gasteiger partial charge in [0.2, 0.25) is 0 Å². The standard InChI is InChI=1S/C10H9ClO3/c11-8-3-5-9(6-4-8)14-10(13)2-1-7-12/h3-7H,1-2H2. The Kier molecular flexibility index (Phi) is 4.13. The molecule has 14 heavy (non-hydrogen) atoms. The monoisotopic (exact) mass is 212 g/mol. The summed E-state index contributed by atoms with van der Waals surface area (Å²) in [5, 5.41) is 0.581. The number of halogens is 1. The number of carbonyl (C=O) groups is 2. The Labute approximate surface area is 86.6 Å². The van der Waals surface area contributed by atoms with Crippen molar-refractivity contribution in [2.75, 3.05) is 0 Å². The first-order chi connectivity index (χ1) is 6.72. The van der Waals surface area contributed by atoms with Gasteiger partial charge in [-0.3, -0.25) is 4.79 Å². The number of hydrogen-bond donors (Lipinski definition) is 0. The Hall–Kier alpha value is -1.35. The van der Waals surface area contributed by atoms with Crippen LogP contribution in [-0.2, 0) is 9.59 Å². The van der Waals surface area contributed by atoms with Crippen LogP contribution in [0.2, 0.25) is 5.02 Å². The van der Waals surface area contributed by atoms with Gasteiger partial charge >= 0.3 is 5.97 Å². The highest BCUT2D eigenvalue weighted by Crippen LogP contribution is 2.15. The van der Waals surface area contributed by atoms with E-state index in [-0.39, 0.29) is 12.8 Å². The second-order valence-electron chi connectivity index (χ2n) is 2.63. The molecule has 3 nitrogen and oxygen atoms in total. The predicted molar refractivity (Wildman–Crippen MR) is 52.4 cm³/mol. The van der Waals surface area contributed by atoms with Crippen molar-refractivity contribution in [3.63, 3.8) is 0 Å². The van der Waals surface area contributed by atoms with Gasteiger partial charge in [0.15, 0.2) is 0 Å². The van der Waals surface area contributed by atoms with Crippen LogP contribution in [0.4, 0.5) is 0 Å². The quantitative estimate of drug-likeness (QED) is 0.437. The number of hydrogen-bond acceptors (Lipinski definition) is 3. The molecule has 1 rings (SSSR count). The van der Waals surface area contributed by atoms with Gasteiger partial charge in [-0.25, -0.2) is 0 Å². The summed E-state index contributed by atoms with van der Waals surface area (Å²) in [5.41, 5.74) is 0. The average Bonchev–Trinajstić information content (AvgIpc) is 2.18. The molecule has 1 aromatic carbocycles. The summed E-state index contributed by atoms with van der Waals surface area (Å²) in [6.45, 7) is 0. The van der Waals surface area contributed by atoms with E-state index < -0.39 is 5.97 Å². The summed E-state index contributed by atoms with van der Waals surface area (Å²) >= 11 is 5.65. The third-order valence-electron chi connectivity index (χ3n) is 1.51. The molecule has 0 heterocycles. The molecule has 0 atom stereocenters. The molecule has 0 aliphatic carbocycles. The van der Waals surface area contributed by atoms with E-state index in [4.69, 9.17) is 16.3 Å². The first kappa shape index (κ1) is 10.7. The van der Waals surface area contributed by atoms with Crippen molar-refractivity contribution in [1.82, 2.24) is 0 Å². The molecular formula is C10H9ClO3. The molecule has 0 amide bonds. The molecular weight excluding hydrogens is 204 g/mol. The maximum atomic E-state index is 11.0. The smallest absolute Gasteiger partial charge is 0.311 e. The van der Waals surface area contributed by atoms with Crippen molar-refractivity contribution in [3.05, 3.63) is 29.3 Å². The normalized spacial score (nSPS) is 9.50. The molecule has 0 aliphatic rings. The van der Waals surface area contributed by atoms with Gasteiger partial charge in [0.25, 0.3) is 0 Å². The van der Waals surface area contributed by atoms with Crippen molar-refractivity contribution in [3.8, 4) is 5.75 Å². The van der Waals surface area contributed by atoms with Gasteiger partial charge in [0, 0.05) is 11.4 Å². The van der Waals surface area contributed by atoms with Gasteiger partial charge in [-0.05, 0) is 24.3 Å². The van der Waals surface area contributed by atoms with Gasteiger partial charge in [-0.2, -0.15) is 0 Å². The Morgan fingerprint density at radius 3 is 2.57 bits per heavy atom. The second-order valence-corrected chi connectivity index (χ2v) is 3.07. The van der Waals surface area contributed by atoms with Crippen LogP contribution in [0.3, 0.4) is 0 Å². The van der Waals surface area contributed by atoms with E-state index in [1.165, 1.54) is 0 Å². The number of benzene rings is 1. The van der Waals surface area contributed by atoms with E-state index in [2.05, 4.69) is 0 Å². The molecule has 74 valence electrons. The van der Waals surface area contributed by atoms with Crippen LogP contribution >= 0.6 is 11.6 Å². The zero-order valence-electron chi connectivity index (χ0n) is 7.40. The summed E-state index contributed by atoms with van der Waals surface area (Å²) in [6, 6.07) is 6.45. The van der Waals surface area contributed by atoms with Crippen LogP contribution in [-0.4, -0.2) is 12.3 Å². The van der Waals surface area contributed by atoms with Crippen molar-refractivity contribution >= 4 is 23.9 Å². The fourth-order valence-electron chi connectivity index (χ4n) is 0.862. The third-order valence-corrected chi connectivity index (χ3v) is 1.76. The summed E-state index contributed by atoms with van der Waals surface area (Å²) in [5.74, 6) is 0.0183. The van der Waals surface area contributed by atoms with Gasteiger partial charge < -0.3 is 9.53 Å². The zero-order chi connectivity index (χ0) is 10.4. The highest BCUT2D eigenvalue weighted by atomic mass is 35.5. The van der Waals surface area contributed by atoms with Gasteiger partial charge in [0.1, 0.15) is 12.0 Å². The van der Waals surface area contributed by atoms with E-state index in [0.29, 0.717) is 17.1 Å². The van der Waals surface area contributed by atoms with Crippen LogP contribution in [0.1, 0.15) is 12.8 Å². The Balaban J connectivity index is 2.47. The average molecular weight is 213 g/mol. The number of esters is 1. The van der Waals surface area contributed by atoms with Crippen molar-refractivity contribution in [2.45, 2.75) is 12.8 Å². The lowest BCUT2D eigenvalue weighted by molar-refractivity contribution is -0.135. The van der Waals surface area contributed by atoms with E-state index in [1.54, 1.807) is 24.3 Å². The topological polar surface area (TPSA) is 43.4 Å². The maximum absolute atomic E-state index is 11.0. The molecule has 0 bridgehead atoms. The molecule has 4 heteroatoms. The molecule has 0 fully saturated rings. The summed E-state index contributed by atoms with van der Waals surface area (Å²) in [7, 11) is 0. The maximum Gasteiger partial charge on any atom is 0.311 e. The van der Waals surface area contributed by atoms with E-state index in [0.717, 1.165) is 0 Å². The third kappa shape index (κ3) is 3.58. The Bertz CT molecular complexity index is 319. The van der Waals surface area contributed by atoms with Crippen molar-refractivity contribution in [2.24, 2.45) is 0 Å². The number of ether oxygens (including phenoxy) is 1. The predicted octanol–water partition coefficient (Wildman–Crippen LogP) is 2.22. The van der Waals surface area contributed by atoms with Crippen LogP contribution in [0.25, 0.3) is 0 Å². The number of aldehydes is 1.